The topological polar surface area (TPSA) is 60.4 Å². The number of rotatable bonds is 3. The van der Waals surface area contributed by atoms with E-state index in [-0.39, 0.29) is 35.7 Å². The van der Waals surface area contributed by atoms with Crippen molar-refractivity contribution in [2.45, 2.75) is 38.2 Å². The van der Waals surface area contributed by atoms with Crippen molar-refractivity contribution in [3.05, 3.63) is 41.0 Å². The van der Waals surface area contributed by atoms with E-state index < -0.39 is 11.9 Å². The number of hydrogen-bond donors (Lipinski definition) is 1. The molecular formula is C15H17NaO3. The van der Waals surface area contributed by atoms with Crippen LogP contribution in [-0.2, 0) is 4.79 Å². The molecule has 4 heteroatoms. The fraction of sp³-hybridized carbons (Fsp3) is 0.400. The van der Waals surface area contributed by atoms with Gasteiger partial charge in [0.2, 0.25) is 0 Å². The van der Waals surface area contributed by atoms with E-state index in [2.05, 4.69) is 0 Å². The summed E-state index contributed by atoms with van der Waals surface area (Å²) in [7, 11) is 0. The Labute approximate surface area is 135 Å². The van der Waals surface area contributed by atoms with Gasteiger partial charge in [-0.2, -0.15) is 0 Å². The number of carboxylic acid groups (broad SMARTS) is 1. The van der Waals surface area contributed by atoms with Gasteiger partial charge in [-0.05, 0) is 36.0 Å². The quantitative estimate of drug-likeness (QED) is 0.677. The molecule has 0 aromatic heterocycles. The number of aliphatic carboxylic acids is 1. The van der Waals surface area contributed by atoms with Crippen molar-refractivity contribution in [1.82, 2.24) is 0 Å². The van der Waals surface area contributed by atoms with Crippen LogP contribution >= 0.6 is 0 Å². The van der Waals surface area contributed by atoms with Gasteiger partial charge in [-0.3, -0.25) is 0 Å². The van der Waals surface area contributed by atoms with E-state index in [4.69, 9.17) is 0 Å². The zero-order valence-electron chi connectivity index (χ0n) is 11.4. The van der Waals surface area contributed by atoms with Crippen LogP contribution in [0.2, 0.25) is 0 Å². The first-order valence-electron chi connectivity index (χ1n) is 6.27. The number of aliphatic hydroxyl groups excluding tert-OH is 1. The van der Waals surface area contributed by atoms with Gasteiger partial charge in [0.15, 0.2) is 0 Å². The van der Waals surface area contributed by atoms with Crippen molar-refractivity contribution >= 4 is 12.0 Å². The standard InChI is InChI=1S/C15H18O3.Na/c1-10(15(17)18)12-7-5-11(6-8-12)9-13-3-2-4-14(13)16;/h5-10,14,16H,2-4H2,1H3,(H,17,18);/q;+1/p-1/b13-9-;. The Morgan fingerprint density at radius 1 is 1.42 bits per heavy atom. The van der Waals surface area contributed by atoms with Crippen LogP contribution in [0.15, 0.2) is 29.8 Å². The molecule has 0 radical (unpaired) electrons. The van der Waals surface area contributed by atoms with Gasteiger partial charge in [0.1, 0.15) is 0 Å². The van der Waals surface area contributed by atoms with E-state index in [9.17, 15) is 15.0 Å². The Morgan fingerprint density at radius 3 is 2.53 bits per heavy atom. The Kier molecular flexibility index (Phi) is 6.27. The summed E-state index contributed by atoms with van der Waals surface area (Å²) in [6, 6.07) is 7.36. The van der Waals surface area contributed by atoms with Gasteiger partial charge in [0.05, 0.1) is 6.10 Å². The zero-order valence-corrected chi connectivity index (χ0v) is 13.4. The predicted molar refractivity (Wildman–Crippen MR) is 67.7 cm³/mol. The van der Waals surface area contributed by atoms with Crippen molar-refractivity contribution in [2.24, 2.45) is 0 Å². The maximum Gasteiger partial charge on any atom is 1.00 e. The second kappa shape index (κ2) is 7.25. The van der Waals surface area contributed by atoms with Gasteiger partial charge >= 0.3 is 29.6 Å². The fourth-order valence-corrected chi connectivity index (χ4v) is 2.25. The Hall–Kier alpha value is -0.610. The second-order valence-electron chi connectivity index (χ2n) is 4.83. The molecule has 2 unspecified atom stereocenters. The number of carbonyl (C=O) groups excluding carboxylic acids is 1. The number of carboxylic acids is 1. The van der Waals surface area contributed by atoms with E-state index in [1.165, 1.54) is 0 Å². The fourth-order valence-electron chi connectivity index (χ4n) is 2.25. The summed E-state index contributed by atoms with van der Waals surface area (Å²) in [5.41, 5.74) is 2.81. The third-order valence-corrected chi connectivity index (χ3v) is 3.51. The zero-order chi connectivity index (χ0) is 13.1. The molecule has 0 aliphatic heterocycles. The van der Waals surface area contributed by atoms with Crippen molar-refractivity contribution < 1.29 is 44.6 Å². The van der Waals surface area contributed by atoms with E-state index in [1.807, 2.05) is 18.2 Å². The van der Waals surface area contributed by atoms with Crippen LogP contribution in [0, 0.1) is 0 Å². The first-order valence-corrected chi connectivity index (χ1v) is 6.27. The van der Waals surface area contributed by atoms with E-state index in [0.29, 0.717) is 0 Å². The first kappa shape index (κ1) is 16.4. The molecule has 1 aromatic rings. The van der Waals surface area contributed by atoms with Crippen LogP contribution in [0.25, 0.3) is 6.08 Å². The molecule has 1 N–H and O–H groups in total. The van der Waals surface area contributed by atoms with E-state index in [0.717, 1.165) is 36.0 Å². The monoisotopic (exact) mass is 268 g/mol. The largest absolute Gasteiger partial charge is 1.00 e. The maximum atomic E-state index is 10.8. The summed E-state index contributed by atoms with van der Waals surface area (Å²) in [6.45, 7) is 1.61. The molecule has 0 amide bonds. The van der Waals surface area contributed by atoms with Crippen LogP contribution < -0.4 is 34.7 Å². The van der Waals surface area contributed by atoms with Crippen molar-refractivity contribution in [2.75, 3.05) is 0 Å². The minimum atomic E-state index is -1.06. The van der Waals surface area contributed by atoms with Crippen LogP contribution in [-0.4, -0.2) is 17.2 Å². The SMILES string of the molecule is CC(C(=O)[O-])c1ccc(/C=C2/CCCC2O)cc1.[Na+]. The molecule has 0 bridgehead atoms. The van der Waals surface area contributed by atoms with Gasteiger partial charge in [0, 0.05) is 11.9 Å². The smallest absolute Gasteiger partial charge is 0.550 e. The molecule has 0 spiro atoms. The maximum absolute atomic E-state index is 10.8. The summed E-state index contributed by atoms with van der Waals surface area (Å²) in [6.07, 6.45) is 4.49. The summed E-state index contributed by atoms with van der Waals surface area (Å²) >= 11 is 0. The molecule has 1 saturated carbocycles. The third kappa shape index (κ3) is 4.18. The van der Waals surface area contributed by atoms with Gasteiger partial charge < -0.3 is 15.0 Å². The molecule has 1 aromatic carbocycles. The molecule has 1 fully saturated rings. The molecule has 96 valence electrons. The normalized spacial score (nSPS) is 22.0. The van der Waals surface area contributed by atoms with Crippen molar-refractivity contribution in [3.8, 4) is 0 Å². The molecule has 3 nitrogen and oxygen atoms in total. The molecule has 19 heavy (non-hydrogen) atoms. The average Bonchev–Trinajstić information content (AvgIpc) is 2.75. The van der Waals surface area contributed by atoms with Gasteiger partial charge in [0.25, 0.3) is 0 Å². The van der Waals surface area contributed by atoms with Gasteiger partial charge in [-0.1, -0.05) is 37.3 Å². The Morgan fingerprint density at radius 2 is 2.05 bits per heavy atom. The molecule has 2 atom stereocenters. The van der Waals surface area contributed by atoms with Crippen LogP contribution in [0.4, 0.5) is 0 Å². The van der Waals surface area contributed by atoms with Gasteiger partial charge in [-0.15, -0.1) is 0 Å². The molecule has 0 heterocycles. The average molecular weight is 268 g/mol. The summed E-state index contributed by atoms with van der Waals surface area (Å²) in [4.78, 5) is 10.8. The minimum absolute atomic E-state index is 0. The second-order valence-corrected chi connectivity index (χ2v) is 4.83. The molecule has 1 aliphatic rings. The summed E-state index contributed by atoms with van der Waals surface area (Å²) in [5.74, 6) is -1.66. The number of aliphatic hydroxyl groups is 1. The summed E-state index contributed by atoms with van der Waals surface area (Å²) < 4.78 is 0. The first-order chi connectivity index (χ1) is 8.58. The Bertz CT molecular complexity index is 465. The van der Waals surface area contributed by atoms with Gasteiger partial charge in [-0.25, -0.2) is 0 Å². The molecule has 0 saturated heterocycles. The number of benzene rings is 1. The molecule has 1 aliphatic carbocycles. The van der Waals surface area contributed by atoms with E-state index >= 15 is 0 Å². The predicted octanol–water partition coefficient (Wildman–Crippen LogP) is -1.53. The minimum Gasteiger partial charge on any atom is -0.550 e. The molecule has 2 rings (SSSR count). The summed E-state index contributed by atoms with van der Waals surface area (Å²) in [5, 5.41) is 20.5. The number of hydrogen-bond acceptors (Lipinski definition) is 3. The van der Waals surface area contributed by atoms with Crippen molar-refractivity contribution in [1.29, 1.82) is 0 Å². The van der Waals surface area contributed by atoms with Crippen molar-refractivity contribution in [3.63, 3.8) is 0 Å². The van der Waals surface area contributed by atoms with E-state index in [1.54, 1.807) is 19.1 Å². The third-order valence-electron chi connectivity index (χ3n) is 3.51. The van der Waals surface area contributed by atoms with Crippen LogP contribution in [0.5, 0.6) is 0 Å². The Balaban J connectivity index is 0.00000180. The van der Waals surface area contributed by atoms with Crippen LogP contribution in [0.3, 0.4) is 0 Å². The van der Waals surface area contributed by atoms with Crippen LogP contribution in [0.1, 0.15) is 43.2 Å². The molecular weight excluding hydrogens is 251 g/mol. The number of carbonyl (C=O) groups is 1.